The summed E-state index contributed by atoms with van der Waals surface area (Å²) in [5.41, 5.74) is 6.14. The zero-order chi connectivity index (χ0) is 7.56. The van der Waals surface area contributed by atoms with E-state index in [0.29, 0.717) is 5.69 Å². The van der Waals surface area contributed by atoms with Crippen LogP contribution in [0.1, 0.15) is 11.7 Å². The SMILES string of the molecule is C=C[C@@H](N)c1cc(F)c[nH]1. The molecule has 54 valence electrons. The third-order valence-corrected chi connectivity index (χ3v) is 1.28. The van der Waals surface area contributed by atoms with Crippen molar-refractivity contribution in [1.82, 2.24) is 4.98 Å². The summed E-state index contributed by atoms with van der Waals surface area (Å²) in [6.45, 7) is 3.48. The lowest BCUT2D eigenvalue weighted by Gasteiger charge is -1.99. The summed E-state index contributed by atoms with van der Waals surface area (Å²) in [4.78, 5) is 2.68. The Morgan fingerprint density at radius 3 is 2.90 bits per heavy atom. The maximum atomic E-state index is 12.3. The highest BCUT2D eigenvalue weighted by Gasteiger charge is 2.02. The van der Waals surface area contributed by atoms with Crippen LogP contribution in [0.2, 0.25) is 0 Å². The molecule has 0 unspecified atom stereocenters. The molecule has 0 fully saturated rings. The lowest BCUT2D eigenvalue weighted by Crippen LogP contribution is -2.06. The lowest BCUT2D eigenvalue weighted by molar-refractivity contribution is 0.629. The average molecular weight is 140 g/mol. The van der Waals surface area contributed by atoms with Crippen molar-refractivity contribution in [1.29, 1.82) is 0 Å². The van der Waals surface area contributed by atoms with E-state index < -0.39 is 0 Å². The van der Waals surface area contributed by atoms with Gasteiger partial charge in [-0.25, -0.2) is 4.39 Å². The van der Waals surface area contributed by atoms with Gasteiger partial charge in [-0.15, -0.1) is 6.58 Å². The van der Waals surface area contributed by atoms with E-state index in [9.17, 15) is 4.39 Å². The van der Waals surface area contributed by atoms with Gasteiger partial charge in [0.15, 0.2) is 0 Å². The minimum absolute atomic E-state index is 0.299. The molecule has 2 nitrogen and oxygen atoms in total. The van der Waals surface area contributed by atoms with Gasteiger partial charge in [0.1, 0.15) is 5.82 Å². The van der Waals surface area contributed by atoms with Crippen molar-refractivity contribution in [3.63, 3.8) is 0 Å². The van der Waals surface area contributed by atoms with Gasteiger partial charge < -0.3 is 10.7 Å². The highest BCUT2D eigenvalue weighted by molar-refractivity contribution is 5.14. The van der Waals surface area contributed by atoms with Crippen molar-refractivity contribution in [2.45, 2.75) is 6.04 Å². The normalized spacial score (nSPS) is 13.0. The number of rotatable bonds is 2. The van der Waals surface area contributed by atoms with E-state index in [4.69, 9.17) is 5.73 Å². The molecule has 1 heterocycles. The quantitative estimate of drug-likeness (QED) is 0.598. The van der Waals surface area contributed by atoms with Gasteiger partial charge in [0.05, 0.1) is 6.04 Å². The predicted octanol–water partition coefficient (Wildman–Crippen LogP) is 1.34. The fourth-order valence-corrected chi connectivity index (χ4v) is 0.704. The summed E-state index contributed by atoms with van der Waals surface area (Å²) in [5.74, 6) is -0.299. The van der Waals surface area contributed by atoms with Gasteiger partial charge in [-0.1, -0.05) is 6.08 Å². The van der Waals surface area contributed by atoms with Crippen LogP contribution < -0.4 is 5.73 Å². The second kappa shape index (κ2) is 2.66. The molecule has 0 saturated heterocycles. The fraction of sp³-hybridized carbons (Fsp3) is 0.143. The molecule has 0 aromatic carbocycles. The molecule has 1 rings (SSSR count). The average Bonchev–Trinajstić information content (AvgIpc) is 2.34. The molecule has 0 aliphatic carbocycles. The second-order valence-corrected chi connectivity index (χ2v) is 2.03. The first-order valence-electron chi connectivity index (χ1n) is 2.96. The smallest absolute Gasteiger partial charge is 0.140 e. The molecule has 0 bridgehead atoms. The number of hydrogen-bond donors (Lipinski definition) is 2. The van der Waals surface area contributed by atoms with Gasteiger partial charge in [-0.2, -0.15) is 0 Å². The molecule has 0 spiro atoms. The molecule has 1 atom stereocenters. The van der Waals surface area contributed by atoms with Gasteiger partial charge in [0, 0.05) is 11.9 Å². The van der Waals surface area contributed by atoms with Gasteiger partial charge in [0.2, 0.25) is 0 Å². The minimum Gasteiger partial charge on any atom is -0.361 e. The summed E-state index contributed by atoms with van der Waals surface area (Å²) in [6.07, 6.45) is 2.81. The molecular weight excluding hydrogens is 131 g/mol. The number of nitrogens with two attached hydrogens (primary N) is 1. The van der Waals surface area contributed by atoms with E-state index >= 15 is 0 Å². The Balaban J connectivity index is 2.84. The van der Waals surface area contributed by atoms with Crippen molar-refractivity contribution in [2.75, 3.05) is 0 Å². The Morgan fingerprint density at radius 2 is 2.50 bits per heavy atom. The van der Waals surface area contributed by atoms with Crippen molar-refractivity contribution < 1.29 is 4.39 Å². The third-order valence-electron chi connectivity index (χ3n) is 1.28. The summed E-state index contributed by atoms with van der Waals surface area (Å²) >= 11 is 0. The molecule has 0 aliphatic heterocycles. The zero-order valence-corrected chi connectivity index (χ0v) is 5.47. The first-order chi connectivity index (χ1) is 4.74. The van der Waals surface area contributed by atoms with Gasteiger partial charge >= 0.3 is 0 Å². The monoisotopic (exact) mass is 140 g/mol. The molecular formula is C7H9FN2. The first kappa shape index (κ1) is 7.02. The highest BCUT2D eigenvalue weighted by atomic mass is 19.1. The minimum atomic E-state index is -0.301. The molecule has 3 N–H and O–H groups in total. The summed E-state index contributed by atoms with van der Waals surface area (Å²) in [5, 5.41) is 0. The van der Waals surface area contributed by atoms with Crippen LogP contribution in [0.15, 0.2) is 24.9 Å². The maximum Gasteiger partial charge on any atom is 0.140 e. The van der Waals surface area contributed by atoms with Crippen LogP contribution in [0.4, 0.5) is 4.39 Å². The van der Waals surface area contributed by atoms with Gasteiger partial charge in [0.25, 0.3) is 0 Å². The molecule has 0 amide bonds. The van der Waals surface area contributed by atoms with Crippen molar-refractivity contribution >= 4 is 0 Å². The van der Waals surface area contributed by atoms with Crippen LogP contribution in [-0.4, -0.2) is 4.98 Å². The van der Waals surface area contributed by atoms with E-state index in [-0.39, 0.29) is 11.9 Å². The van der Waals surface area contributed by atoms with E-state index in [1.54, 1.807) is 6.08 Å². The van der Waals surface area contributed by atoms with Gasteiger partial charge in [-0.3, -0.25) is 0 Å². The number of H-pyrrole nitrogens is 1. The largest absolute Gasteiger partial charge is 0.361 e. The van der Waals surface area contributed by atoms with Crippen LogP contribution in [0, 0.1) is 5.82 Å². The number of halogens is 1. The Bertz CT molecular complexity index is 229. The molecule has 1 aromatic rings. The lowest BCUT2D eigenvalue weighted by atomic mass is 10.2. The number of aromatic amines is 1. The van der Waals surface area contributed by atoms with E-state index in [0.717, 1.165) is 0 Å². The van der Waals surface area contributed by atoms with Gasteiger partial charge in [-0.05, 0) is 6.07 Å². The van der Waals surface area contributed by atoms with Crippen LogP contribution in [0.3, 0.4) is 0 Å². The first-order valence-corrected chi connectivity index (χ1v) is 2.96. The molecule has 0 radical (unpaired) electrons. The predicted molar refractivity (Wildman–Crippen MR) is 37.9 cm³/mol. The molecule has 0 aliphatic rings. The fourth-order valence-electron chi connectivity index (χ4n) is 0.704. The van der Waals surface area contributed by atoms with Crippen LogP contribution in [0.5, 0.6) is 0 Å². The molecule has 10 heavy (non-hydrogen) atoms. The molecule has 1 aromatic heterocycles. The maximum absolute atomic E-state index is 12.3. The third kappa shape index (κ3) is 1.25. The van der Waals surface area contributed by atoms with E-state index in [2.05, 4.69) is 11.6 Å². The van der Waals surface area contributed by atoms with Crippen LogP contribution in [-0.2, 0) is 0 Å². The summed E-state index contributed by atoms with van der Waals surface area (Å²) < 4.78 is 12.3. The topological polar surface area (TPSA) is 41.8 Å². The summed E-state index contributed by atoms with van der Waals surface area (Å²) in [7, 11) is 0. The van der Waals surface area contributed by atoms with E-state index in [1.165, 1.54) is 12.3 Å². The zero-order valence-electron chi connectivity index (χ0n) is 5.47. The van der Waals surface area contributed by atoms with Crippen molar-refractivity contribution in [3.8, 4) is 0 Å². The number of nitrogens with one attached hydrogen (secondary N) is 1. The Labute approximate surface area is 58.6 Å². The molecule has 0 saturated carbocycles. The van der Waals surface area contributed by atoms with Crippen molar-refractivity contribution in [3.05, 3.63) is 36.4 Å². The Morgan fingerprint density at radius 1 is 1.80 bits per heavy atom. The van der Waals surface area contributed by atoms with Crippen LogP contribution >= 0.6 is 0 Å². The standard InChI is InChI=1S/C7H9FN2/c1-2-6(9)7-3-5(8)4-10-7/h2-4,6,10H,1,9H2/t6-/m1/s1. The van der Waals surface area contributed by atoms with Crippen LogP contribution in [0.25, 0.3) is 0 Å². The Kier molecular flexibility index (Phi) is 1.87. The highest BCUT2D eigenvalue weighted by Crippen LogP contribution is 2.09. The summed E-state index contributed by atoms with van der Waals surface area (Å²) in [6, 6.07) is 1.05. The Hall–Kier alpha value is -1.09. The van der Waals surface area contributed by atoms with E-state index in [1.807, 2.05) is 0 Å². The second-order valence-electron chi connectivity index (χ2n) is 2.03. The number of aromatic nitrogens is 1. The molecule has 3 heteroatoms. The number of hydrogen-bond acceptors (Lipinski definition) is 1. The van der Waals surface area contributed by atoms with Crippen molar-refractivity contribution in [2.24, 2.45) is 5.73 Å².